The van der Waals surface area contributed by atoms with Crippen molar-refractivity contribution in [3.05, 3.63) is 42.0 Å². The van der Waals surface area contributed by atoms with Crippen LogP contribution in [0.3, 0.4) is 0 Å². The Balaban J connectivity index is 1.60. The Bertz CT molecular complexity index is 731. The van der Waals surface area contributed by atoms with E-state index in [1.165, 1.54) is 9.88 Å². The minimum Gasteiger partial charge on any atom is -0.352 e. The fraction of sp³-hybridized carbons (Fsp3) is 0.500. The predicted octanol–water partition coefficient (Wildman–Crippen LogP) is 1.12. The van der Waals surface area contributed by atoms with Crippen molar-refractivity contribution in [2.45, 2.75) is 24.2 Å². The molecule has 0 spiro atoms. The Morgan fingerprint density at radius 2 is 2.08 bits per heavy atom. The highest BCUT2D eigenvalue weighted by molar-refractivity contribution is 7.89. The molecule has 0 aliphatic carbocycles. The summed E-state index contributed by atoms with van der Waals surface area (Å²) in [7, 11) is -3.53. The molecule has 7 heteroatoms. The molecule has 1 atom stereocenters. The Kier molecular flexibility index (Phi) is 5.88. The number of rotatable bonds is 5. The number of benzene rings is 1. The van der Waals surface area contributed by atoms with Crippen LogP contribution < -0.4 is 10.6 Å². The Hall–Kier alpha value is -1.70. The fourth-order valence-electron chi connectivity index (χ4n) is 3.29. The van der Waals surface area contributed by atoms with Crippen LogP contribution in [-0.4, -0.2) is 51.4 Å². The highest BCUT2D eigenvalue weighted by Crippen LogP contribution is 2.23. The first-order valence-corrected chi connectivity index (χ1v) is 10.2. The second-order valence-corrected chi connectivity index (χ2v) is 8.49. The van der Waals surface area contributed by atoms with E-state index in [-0.39, 0.29) is 23.3 Å². The van der Waals surface area contributed by atoms with Crippen LogP contribution in [-0.2, 0) is 14.8 Å². The SMILES string of the molecule is O=C(NCC1=CCNCC1)C1CCCN(S(=O)(=O)c2ccccc2)C1. The summed E-state index contributed by atoms with van der Waals surface area (Å²) >= 11 is 0. The first-order chi connectivity index (χ1) is 12.1. The van der Waals surface area contributed by atoms with Gasteiger partial charge in [0.25, 0.3) is 0 Å². The molecule has 1 amide bonds. The lowest BCUT2D eigenvalue weighted by Gasteiger charge is -2.31. The molecular formula is C18H25N3O3S. The molecule has 1 unspecified atom stereocenters. The van der Waals surface area contributed by atoms with Crippen LogP contribution in [0.4, 0.5) is 0 Å². The monoisotopic (exact) mass is 363 g/mol. The van der Waals surface area contributed by atoms with Gasteiger partial charge in [0.1, 0.15) is 0 Å². The maximum absolute atomic E-state index is 12.7. The van der Waals surface area contributed by atoms with Crippen molar-refractivity contribution in [3.8, 4) is 0 Å². The van der Waals surface area contributed by atoms with Crippen molar-refractivity contribution in [3.63, 3.8) is 0 Å². The largest absolute Gasteiger partial charge is 0.352 e. The maximum Gasteiger partial charge on any atom is 0.243 e. The van der Waals surface area contributed by atoms with Gasteiger partial charge in [-0.2, -0.15) is 4.31 Å². The van der Waals surface area contributed by atoms with Gasteiger partial charge in [0.15, 0.2) is 0 Å². The third-order valence-corrected chi connectivity index (χ3v) is 6.66. The molecule has 2 heterocycles. The van der Waals surface area contributed by atoms with Crippen LogP contribution in [0.1, 0.15) is 19.3 Å². The number of carbonyl (C=O) groups excluding carboxylic acids is 1. The molecule has 2 N–H and O–H groups in total. The summed E-state index contributed by atoms with van der Waals surface area (Å²) in [5.74, 6) is -0.332. The summed E-state index contributed by atoms with van der Waals surface area (Å²) in [6, 6.07) is 8.42. The number of hydrogen-bond donors (Lipinski definition) is 2. The average Bonchev–Trinajstić information content (AvgIpc) is 2.67. The van der Waals surface area contributed by atoms with Crippen molar-refractivity contribution in [2.75, 3.05) is 32.7 Å². The zero-order chi connectivity index (χ0) is 17.7. The molecule has 1 fully saturated rings. The van der Waals surface area contributed by atoms with E-state index in [1.54, 1.807) is 30.3 Å². The molecule has 25 heavy (non-hydrogen) atoms. The second kappa shape index (κ2) is 8.12. The number of hydrogen-bond acceptors (Lipinski definition) is 4. The van der Waals surface area contributed by atoms with Crippen LogP contribution >= 0.6 is 0 Å². The van der Waals surface area contributed by atoms with E-state index in [4.69, 9.17) is 0 Å². The maximum atomic E-state index is 12.7. The summed E-state index contributed by atoms with van der Waals surface area (Å²) in [6.45, 7) is 3.07. The van der Waals surface area contributed by atoms with Gasteiger partial charge in [0.2, 0.25) is 15.9 Å². The van der Waals surface area contributed by atoms with E-state index in [2.05, 4.69) is 16.7 Å². The highest BCUT2D eigenvalue weighted by Gasteiger charge is 2.33. The first-order valence-electron chi connectivity index (χ1n) is 8.79. The van der Waals surface area contributed by atoms with Crippen molar-refractivity contribution in [2.24, 2.45) is 5.92 Å². The molecule has 2 aliphatic heterocycles. The molecule has 2 aliphatic rings. The molecule has 1 saturated heterocycles. The minimum atomic E-state index is -3.53. The van der Waals surface area contributed by atoms with Crippen LogP contribution in [0.2, 0.25) is 0 Å². The number of piperidine rings is 1. The lowest BCUT2D eigenvalue weighted by atomic mass is 9.98. The van der Waals surface area contributed by atoms with Gasteiger partial charge >= 0.3 is 0 Å². The quantitative estimate of drug-likeness (QED) is 0.769. The molecule has 1 aromatic carbocycles. The molecule has 1 aromatic rings. The number of sulfonamides is 1. The molecule has 3 rings (SSSR count). The summed E-state index contributed by atoms with van der Waals surface area (Å²) in [4.78, 5) is 12.8. The zero-order valence-corrected chi connectivity index (χ0v) is 15.1. The van der Waals surface area contributed by atoms with Crippen LogP contribution in [0, 0.1) is 5.92 Å². The number of nitrogens with zero attached hydrogens (tertiary/aromatic N) is 1. The topological polar surface area (TPSA) is 78.5 Å². The van der Waals surface area contributed by atoms with Gasteiger partial charge in [0.05, 0.1) is 10.8 Å². The van der Waals surface area contributed by atoms with Gasteiger partial charge in [-0.25, -0.2) is 8.42 Å². The minimum absolute atomic E-state index is 0.0487. The average molecular weight is 363 g/mol. The van der Waals surface area contributed by atoms with Crippen LogP contribution in [0.15, 0.2) is 46.9 Å². The lowest BCUT2D eigenvalue weighted by molar-refractivity contribution is -0.125. The van der Waals surface area contributed by atoms with E-state index in [0.717, 1.165) is 25.9 Å². The predicted molar refractivity (Wildman–Crippen MR) is 96.5 cm³/mol. The lowest BCUT2D eigenvalue weighted by Crippen LogP contribution is -2.45. The number of nitrogens with one attached hydrogen (secondary N) is 2. The molecular weight excluding hydrogens is 338 g/mol. The number of carbonyl (C=O) groups is 1. The smallest absolute Gasteiger partial charge is 0.243 e. The second-order valence-electron chi connectivity index (χ2n) is 6.55. The van der Waals surface area contributed by atoms with E-state index >= 15 is 0 Å². The van der Waals surface area contributed by atoms with Crippen molar-refractivity contribution in [1.82, 2.24) is 14.9 Å². The fourth-order valence-corrected chi connectivity index (χ4v) is 4.84. The van der Waals surface area contributed by atoms with Gasteiger partial charge in [0, 0.05) is 26.2 Å². The van der Waals surface area contributed by atoms with E-state index in [1.807, 2.05) is 0 Å². The first kappa shape index (κ1) is 18.1. The van der Waals surface area contributed by atoms with E-state index in [0.29, 0.717) is 19.5 Å². The summed E-state index contributed by atoms with van der Waals surface area (Å²) in [5.41, 5.74) is 1.23. The highest BCUT2D eigenvalue weighted by atomic mass is 32.2. The van der Waals surface area contributed by atoms with Gasteiger partial charge in [-0.3, -0.25) is 4.79 Å². The standard InChI is InChI=1S/C18H25N3O3S/c22-18(20-13-15-8-10-19-11-9-15)16-5-4-12-21(14-16)25(23,24)17-6-2-1-3-7-17/h1-3,6-8,16,19H,4-5,9-14H2,(H,20,22). The summed E-state index contributed by atoms with van der Waals surface area (Å²) in [5, 5.41) is 6.22. The molecule has 0 bridgehead atoms. The number of amides is 1. The summed E-state index contributed by atoms with van der Waals surface area (Å²) < 4.78 is 26.9. The molecule has 0 saturated carbocycles. The zero-order valence-electron chi connectivity index (χ0n) is 14.3. The Morgan fingerprint density at radius 3 is 2.80 bits per heavy atom. The molecule has 136 valence electrons. The van der Waals surface area contributed by atoms with E-state index in [9.17, 15) is 13.2 Å². The van der Waals surface area contributed by atoms with E-state index < -0.39 is 10.0 Å². The van der Waals surface area contributed by atoms with Crippen molar-refractivity contribution in [1.29, 1.82) is 0 Å². The molecule has 6 nitrogen and oxygen atoms in total. The van der Waals surface area contributed by atoms with Gasteiger partial charge in [-0.1, -0.05) is 29.8 Å². The Morgan fingerprint density at radius 1 is 1.28 bits per heavy atom. The van der Waals surface area contributed by atoms with Gasteiger partial charge in [-0.15, -0.1) is 0 Å². The Labute approximate surface area is 149 Å². The molecule has 0 radical (unpaired) electrons. The van der Waals surface area contributed by atoms with Crippen molar-refractivity contribution < 1.29 is 13.2 Å². The van der Waals surface area contributed by atoms with Crippen LogP contribution in [0.25, 0.3) is 0 Å². The molecule has 0 aromatic heterocycles. The summed E-state index contributed by atoms with van der Waals surface area (Å²) in [6.07, 6.45) is 4.49. The third kappa shape index (κ3) is 4.48. The van der Waals surface area contributed by atoms with Crippen molar-refractivity contribution >= 4 is 15.9 Å². The van der Waals surface area contributed by atoms with Gasteiger partial charge in [-0.05, 0) is 37.9 Å². The third-order valence-electron chi connectivity index (χ3n) is 4.78. The van der Waals surface area contributed by atoms with Crippen LogP contribution in [0.5, 0.6) is 0 Å². The van der Waals surface area contributed by atoms with Gasteiger partial charge < -0.3 is 10.6 Å². The normalized spacial score (nSPS) is 22.2.